The van der Waals surface area contributed by atoms with Gasteiger partial charge in [0.25, 0.3) is 5.56 Å². The van der Waals surface area contributed by atoms with Crippen LogP contribution in [-0.4, -0.2) is 49.5 Å². The molecule has 1 aliphatic rings. The molecule has 0 bridgehead atoms. The van der Waals surface area contributed by atoms with Crippen LogP contribution >= 0.6 is 0 Å². The van der Waals surface area contributed by atoms with E-state index in [1.54, 1.807) is 6.92 Å². The molecule has 0 aliphatic carbocycles. The lowest BCUT2D eigenvalue weighted by Crippen LogP contribution is -2.28. The summed E-state index contributed by atoms with van der Waals surface area (Å²) in [7, 11) is 0. The van der Waals surface area contributed by atoms with Crippen LogP contribution < -0.4 is 15.0 Å². The smallest absolute Gasteiger partial charge is 0.327 e. The molecule has 0 saturated heterocycles. The first-order valence-electron chi connectivity index (χ1n) is 12.2. The third-order valence-electron chi connectivity index (χ3n) is 6.19. The maximum Gasteiger partial charge on any atom is 0.327 e. The number of benzene rings is 2. The fourth-order valence-electron chi connectivity index (χ4n) is 4.33. The summed E-state index contributed by atoms with van der Waals surface area (Å²) in [6.07, 6.45) is 0.907. The Morgan fingerprint density at radius 1 is 1.05 bits per heavy atom. The van der Waals surface area contributed by atoms with Crippen molar-refractivity contribution in [1.29, 1.82) is 0 Å². The standard InChI is InChI=1S/C26H28N6O5/c1-3-17-5-7-21-19(9-17)11-20(26(34)27-21)13-31(12-18-6-8-22-23(10-18)37-16-36-22)14-24-28-29-30-32(24)15-25(33)35-4-2/h5-11H,3-4,12-16H2,1-2H3,(H,27,34). The van der Waals surface area contributed by atoms with Crippen molar-refractivity contribution in [2.45, 2.75) is 46.4 Å². The van der Waals surface area contributed by atoms with Gasteiger partial charge in [-0.05, 0) is 70.6 Å². The molecule has 5 rings (SSSR count). The van der Waals surface area contributed by atoms with E-state index in [4.69, 9.17) is 14.2 Å². The number of esters is 1. The van der Waals surface area contributed by atoms with Gasteiger partial charge < -0.3 is 19.2 Å². The first kappa shape index (κ1) is 24.4. The summed E-state index contributed by atoms with van der Waals surface area (Å²) in [6.45, 7) is 5.33. The van der Waals surface area contributed by atoms with E-state index in [2.05, 4.69) is 33.5 Å². The highest BCUT2D eigenvalue weighted by atomic mass is 16.7. The van der Waals surface area contributed by atoms with Crippen LogP contribution in [0.2, 0.25) is 0 Å². The van der Waals surface area contributed by atoms with E-state index in [1.165, 1.54) is 10.2 Å². The first-order chi connectivity index (χ1) is 18.0. The van der Waals surface area contributed by atoms with Gasteiger partial charge in [-0.15, -0.1) is 5.10 Å². The van der Waals surface area contributed by atoms with Crippen molar-refractivity contribution in [3.8, 4) is 11.5 Å². The van der Waals surface area contributed by atoms with Gasteiger partial charge in [0.05, 0.1) is 13.2 Å². The van der Waals surface area contributed by atoms with Crippen LogP contribution in [-0.2, 0) is 42.1 Å². The molecule has 4 aromatic rings. The van der Waals surface area contributed by atoms with E-state index >= 15 is 0 Å². The molecule has 11 nitrogen and oxygen atoms in total. The van der Waals surface area contributed by atoms with Gasteiger partial charge >= 0.3 is 5.97 Å². The van der Waals surface area contributed by atoms with Crippen LogP contribution in [0, 0.1) is 0 Å². The van der Waals surface area contributed by atoms with Gasteiger partial charge in [-0.1, -0.05) is 19.1 Å². The molecule has 0 radical (unpaired) electrons. The zero-order valence-corrected chi connectivity index (χ0v) is 20.8. The average Bonchev–Trinajstić information content (AvgIpc) is 3.53. The highest BCUT2D eigenvalue weighted by Crippen LogP contribution is 2.33. The zero-order valence-electron chi connectivity index (χ0n) is 20.8. The summed E-state index contributed by atoms with van der Waals surface area (Å²) < 4.78 is 17.4. The molecule has 0 saturated carbocycles. The Morgan fingerprint density at radius 3 is 2.73 bits per heavy atom. The Hall–Kier alpha value is -4.25. The molecule has 192 valence electrons. The third-order valence-corrected chi connectivity index (χ3v) is 6.19. The molecule has 0 atom stereocenters. The minimum absolute atomic E-state index is 0.0929. The highest BCUT2D eigenvalue weighted by Gasteiger charge is 2.19. The second kappa shape index (κ2) is 10.8. The minimum Gasteiger partial charge on any atom is -0.465 e. The van der Waals surface area contributed by atoms with Gasteiger partial charge in [-0.25, -0.2) is 4.68 Å². The number of aryl methyl sites for hydroxylation is 1. The predicted molar refractivity (Wildman–Crippen MR) is 134 cm³/mol. The lowest BCUT2D eigenvalue weighted by molar-refractivity contribution is -0.144. The topological polar surface area (TPSA) is 124 Å². The summed E-state index contributed by atoms with van der Waals surface area (Å²) in [5.41, 5.74) is 3.43. The number of fused-ring (bicyclic) bond motifs is 2. The number of H-pyrrole nitrogens is 1. The number of tetrazole rings is 1. The molecular weight excluding hydrogens is 476 g/mol. The first-order valence-corrected chi connectivity index (χ1v) is 12.2. The number of hydrogen-bond donors (Lipinski definition) is 1. The number of carbonyl (C=O) groups is 1. The van der Waals surface area contributed by atoms with Crippen molar-refractivity contribution in [3.63, 3.8) is 0 Å². The number of nitrogens with zero attached hydrogens (tertiary/aromatic N) is 5. The van der Waals surface area contributed by atoms with E-state index < -0.39 is 5.97 Å². The Balaban J connectivity index is 1.45. The van der Waals surface area contributed by atoms with Crippen molar-refractivity contribution in [2.24, 2.45) is 0 Å². The largest absolute Gasteiger partial charge is 0.465 e. The molecule has 0 amide bonds. The lowest BCUT2D eigenvalue weighted by Gasteiger charge is -2.22. The van der Waals surface area contributed by atoms with Gasteiger partial charge in [-0.3, -0.25) is 14.5 Å². The number of ether oxygens (including phenoxy) is 3. The lowest BCUT2D eigenvalue weighted by atomic mass is 10.1. The van der Waals surface area contributed by atoms with Gasteiger partial charge in [0.15, 0.2) is 17.3 Å². The van der Waals surface area contributed by atoms with Gasteiger partial charge in [0.2, 0.25) is 6.79 Å². The second-order valence-corrected chi connectivity index (χ2v) is 8.79. The number of pyridine rings is 1. The normalized spacial score (nSPS) is 12.4. The Bertz CT molecular complexity index is 1480. The summed E-state index contributed by atoms with van der Waals surface area (Å²) in [4.78, 5) is 30.1. The van der Waals surface area contributed by atoms with Crippen LogP contribution in [0.5, 0.6) is 11.5 Å². The number of rotatable bonds is 10. The van der Waals surface area contributed by atoms with Crippen LogP contribution in [0.25, 0.3) is 10.9 Å². The van der Waals surface area contributed by atoms with Gasteiger partial charge in [-0.2, -0.15) is 0 Å². The van der Waals surface area contributed by atoms with E-state index in [0.717, 1.165) is 22.9 Å². The highest BCUT2D eigenvalue weighted by molar-refractivity contribution is 5.79. The van der Waals surface area contributed by atoms with Crippen LogP contribution in [0.4, 0.5) is 0 Å². The average molecular weight is 505 g/mol. The summed E-state index contributed by atoms with van der Waals surface area (Å²) >= 11 is 0. The molecule has 1 N–H and O–H groups in total. The minimum atomic E-state index is -0.420. The Labute approximate surface area is 212 Å². The van der Waals surface area contributed by atoms with E-state index in [0.29, 0.717) is 42.5 Å². The molecule has 0 spiro atoms. The summed E-state index contributed by atoms with van der Waals surface area (Å²) in [5.74, 6) is 1.45. The molecule has 1 aliphatic heterocycles. The molecule has 0 unspecified atom stereocenters. The monoisotopic (exact) mass is 504 g/mol. The molecular formula is C26H28N6O5. The number of carbonyl (C=O) groups excluding carboxylic acids is 1. The van der Waals surface area contributed by atoms with Gasteiger partial charge in [0, 0.05) is 24.2 Å². The fourth-order valence-corrected chi connectivity index (χ4v) is 4.33. The molecule has 2 aromatic heterocycles. The zero-order chi connectivity index (χ0) is 25.8. The molecule has 0 fully saturated rings. The van der Waals surface area contributed by atoms with Crippen LogP contribution in [0.15, 0.2) is 47.3 Å². The van der Waals surface area contributed by atoms with Crippen molar-refractivity contribution in [3.05, 3.63) is 75.3 Å². The third kappa shape index (κ3) is 5.61. The molecule has 37 heavy (non-hydrogen) atoms. The summed E-state index contributed by atoms with van der Waals surface area (Å²) in [5, 5.41) is 12.8. The van der Waals surface area contributed by atoms with Crippen LogP contribution in [0.3, 0.4) is 0 Å². The molecule has 11 heteroatoms. The number of aromatic amines is 1. The SMILES string of the molecule is CCOC(=O)Cn1nnnc1CN(Cc1ccc2c(c1)OCO2)Cc1cc2cc(CC)ccc2[nH]c1=O. The quantitative estimate of drug-likeness (QED) is 0.324. The van der Waals surface area contributed by atoms with Crippen molar-refractivity contribution in [2.75, 3.05) is 13.4 Å². The Morgan fingerprint density at radius 2 is 1.89 bits per heavy atom. The summed E-state index contributed by atoms with van der Waals surface area (Å²) in [6, 6.07) is 13.7. The Kier molecular flexibility index (Phi) is 7.13. The molecule has 2 aromatic carbocycles. The van der Waals surface area contributed by atoms with Crippen LogP contribution in [0.1, 0.15) is 36.4 Å². The fraction of sp³-hybridized carbons (Fsp3) is 0.346. The second-order valence-electron chi connectivity index (χ2n) is 8.79. The van der Waals surface area contributed by atoms with Crippen molar-refractivity contribution >= 4 is 16.9 Å². The van der Waals surface area contributed by atoms with E-state index in [1.807, 2.05) is 41.3 Å². The molecule has 3 heterocycles. The maximum absolute atomic E-state index is 13.0. The number of nitrogens with one attached hydrogen (secondary N) is 1. The predicted octanol–water partition coefficient (Wildman–Crippen LogP) is 2.57. The van der Waals surface area contributed by atoms with Crippen molar-refractivity contribution in [1.82, 2.24) is 30.1 Å². The number of aromatic nitrogens is 5. The van der Waals surface area contributed by atoms with Crippen molar-refractivity contribution < 1.29 is 19.0 Å². The maximum atomic E-state index is 13.0. The number of hydrogen-bond acceptors (Lipinski definition) is 9. The van der Waals surface area contributed by atoms with Gasteiger partial charge in [0.1, 0.15) is 6.54 Å². The van der Waals surface area contributed by atoms with E-state index in [-0.39, 0.29) is 25.5 Å². The van der Waals surface area contributed by atoms with E-state index in [9.17, 15) is 9.59 Å².